The Morgan fingerprint density at radius 2 is 1.68 bits per heavy atom. The number of hydrogen-bond acceptors (Lipinski definition) is 4. The van der Waals surface area contributed by atoms with Crippen LogP contribution in [-0.2, 0) is 21.4 Å². The van der Waals surface area contributed by atoms with E-state index < -0.39 is 10.1 Å². The van der Waals surface area contributed by atoms with Gasteiger partial charge in [0.2, 0.25) is 0 Å². The third kappa shape index (κ3) is 7.53. The normalized spacial score (nSPS) is 15.5. The molecule has 0 unspecified atom stereocenters. The van der Waals surface area contributed by atoms with Crippen LogP contribution in [0, 0.1) is 16.8 Å². The summed E-state index contributed by atoms with van der Waals surface area (Å²) in [6, 6.07) is 16.5. The first-order valence-electron chi connectivity index (χ1n) is 8.92. The molecule has 1 aliphatic heterocycles. The minimum Gasteiger partial charge on any atom is -0.744 e. The summed E-state index contributed by atoms with van der Waals surface area (Å²) in [5.41, 5.74) is 2.32. The van der Waals surface area contributed by atoms with E-state index in [4.69, 9.17) is 4.74 Å². The molecule has 0 N–H and O–H groups in total. The molecule has 1 fully saturated rings. The molecular formula is C21H24INO4S. The molecule has 2 aromatic carbocycles. The summed E-state index contributed by atoms with van der Waals surface area (Å²) in [6.07, 6.45) is 0. The molecule has 1 saturated heterocycles. The van der Waals surface area contributed by atoms with E-state index in [1.54, 1.807) is 12.1 Å². The third-order valence-electron chi connectivity index (χ3n) is 4.57. The number of quaternary nitrogens is 1. The topological polar surface area (TPSA) is 66.4 Å². The van der Waals surface area contributed by atoms with E-state index in [2.05, 4.69) is 62.8 Å². The Morgan fingerprint density at radius 3 is 2.21 bits per heavy atom. The van der Waals surface area contributed by atoms with Crippen LogP contribution in [0.15, 0.2) is 59.5 Å². The van der Waals surface area contributed by atoms with Crippen molar-refractivity contribution in [1.82, 2.24) is 0 Å². The molecule has 1 heterocycles. The van der Waals surface area contributed by atoms with Crippen molar-refractivity contribution in [2.45, 2.75) is 18.4 Å². The lowest BCUT2D eigenvalue weighted by Gasteiger charge is -2.39. The van der Waals surface area contributed by atoms with Gasteiger partial charge < -0.3 is 13.8 Å². The Hall–Kier alpha value is -1.44. The fourth-order valence-electron chi connectivity index (χ4n) is 2.98. The molecule has 3 rings (SSSR count). The first-order valence-corrected chi connectivity index (χ1v) is 11.4. The van der Waals surface area contributed by atoms with Gasteiger partial charge in [-0.3, -0.25) is 0 Å². The van der Waals surface area contributed by atoms with E-state index >= 15 is 0 Å². The SMILES string of the molecule is Cc1ccc(S(=O)(=O)[O-])cc1.IC#CC[N+]1(Cc2ccccc2)CCOCC1. The van der Waals surface area contributed by atoms with Crippen molar-refractivity contribution in [3.8, 4) is 9.85 Å². The second-order valence-corrected chi connectivity index (χ2v) is 8.66. The molecule has 0 aliphatic carbocycles. The van der Waals surface area contributed by atoms with Crippen LogP contribution in [0.5, 0.6) is 0 Å². The van der Waals surface area contributed by atoms with E-state index in [1.165, 1.54) is 17.7 Å². The maximum Gasteiger partial charge on any atom is 0.142 e. The minimum atomic E-state index is -4.27. The van der Waals surface area contributed by atoms with Crippen molar-refractivity contribution in [3.63, 3.8) is 0 Å². The minimum absolute atomic E-state index is 0.178. The molecule has 0 amide bonds. The molecule has 7 heteroatoms. The lowest BCUT2D eigenvalue weighted by molar-refractivity contribution is -0.941. The van der Waals surface area contributed by atoms with Crippen molar-refractivity contribution in [1.29, 1.82) is 0 Å². The summed E-state index contributed by atoms with van der Waals surface area (Å²) in [5, 5.41) is 0. The fourth-order valence-corrected chi connectivity index (χ4v) is 3.62. The zero-order chi connectivity index (χ0) is 20.5. The van der Waals surface area contributed by atoms with E-state index in [9.17, 15) is 13.0 Å². The van der Waals surface area contributed by atoms with Crippen LogP contribution in [0.1, 0.15) is 11.1 Å². The van der Waals surface area contributed by atoms with Gasteiger partial charge in [-0.25, -0.2) is 8.42 Å². The van der Waals surface area contributed by atoms with E-state index in [0.717, 1.165) is 49.4 Å². The highest BCUT2D eigenvalue weighted by Crippen LogP contribution is 2.17. The van der Waals surface area contributed by atoms with Gasteiger partial charge in [-0.1, -0.05) is 48.0 Å². The van der Waals surface area contributed by atoms with Crippen LogP contribution in [-0.4, -0.2) is 50.3 Å². The summed E-state index contributed by atoms with van der Waals surface area (Å²) >= 11 is 2.12. The van der Waals surface area contributed by atoms with Crippen molar-refractivity contribution in [2.24, 2.45) is 0 Å². The van der Waals surface area contributed by atoms with Gasteiger partial charge in [0.25, 0.3) is 0 Å². The van der Waals surface area contributed by atoms with Gasteiger partial charge in [0, 0.05) is 28.2 Å². The van der Waals surface area contributed by atoms with Crippen LogP contribution in [0.3, 0.4) is 0 Å². The maximum atomic E-state index is 10.4. The number of morpholine rings is 1. The predicted molar refractivity (Wildman–Crippen MR) is 117 cm³/mol. The summed E-state index contributed by atoms with van der Waals surface area (Å²) < 4.78 is 40.7. The van der Waals surface area contributed by atoms with E-state index in [1.807, 2.05) is 6.92 Å². The van der Waals surface area contributed by atoms with Crippen molar-refractivity contribution in [2.75, 3.05) is 32.8 Å². The van der Waals surface area contributed by atoms with Crippen LogP contribution in [0.4, 0.5) is 0 Å². The van der Waals surface area contributed by atoms with E-state index in [-0.39, 0.29) is 4.90 Å². The second kappa shape index (κ2) is 10.9. The van der Waals surface area contributed by atoms with Gasteiger partial charge >= 0.3 is 0 Å². The number of rotatable bonds is 4. The zero-order valence-corrected chi connectivity index (χ0v) is 18.8. The van der Waals surface area contributed by atoms with Crippen LogP contribution in [0.2, 0.25) is 0 Å². The molecule has 1 aliphatic rings. The highest BCUT2D eigenvalue weighted by Gasteiger charge is 2.29. The van der Waals surface area contributed by atoms with E-state index in [0.29, 0.717) is 0 Å². The van der Waals surface area contributed by atoms with Gasteiger partial charge in [-0.2, -0.15) is 0 Å². The molecule has 0 atom stereocenters. The Balaban J connectivity index is 0.000000221. The Kier molecular flexibility index (Phi) is 8.92. The number of aryl methyl sites for hydroxylation is 1. The van der Waals surface area contributed by atoms with Crippen molar-refractivity contribution < 1.29 is 22.2 Å². The smallest absolute Gasteiger partial charge is 0.142 e. The molecule has 0 bridgehead atoms. The Bertz CT molecular complexity index is 897. The first kappa shape index (κ1) is 22.8. The molecule has 0 saturated carbocycles. The molecule has 0 radical (unpaired) electrons. The Morgan fingerprint density at radius 1 is 1.07 bits per heavy atom. The van der Waals surface area contributed by atoms with Gasteiger partial charge in [-0.15, -0.1) is 0 Å². The Labute approximate surface area is 181 Å². The molecule has 0 spiro atoms. The summed E-state index contributed by atoms with van der Waals surface area (Å²) in [6.45, 7) is 7.67. The third-order valence-corrected chi connectivity index (χ3v) is 5.80. The maximum absolute atomic E-state index is 10.4. The zero-order valence-electron chi connectivity index (χ0n) is 15.8. The number of nitrogens with zero attached hydrogens (tertiary/aromatic N) is 1. The number of halogens is 1. The summed E-state index contributed by atoms with van der Waals surface area (Å²) in [4.78, 5) is -0.178. The predicted octanol–water partition coefficient (Wildman–Crippen LogP) is 3.33. The standard InChI is InChI=1S/C14H17INO.C7H8O3S/c15-7-4-8-16(9-11-17-12-10-16)13-14-5-2-1-3-6-14;1-6-2-4-7(5-3-6)11(8,9)10/h1-3,5-6H,8-13H2;2-5H,1H3,(H,8,9,10)/q+1;/p-1. The quantitative estimate of drug-likeness (QED) is 0.272. The molecular weight excluding hydrogens is 489 g/mol. The average molecular weight is 513 g/mol. The summed E-state index contributed by atoms with van der Waals surface area (Å²) in [7, 11) is -4.27. The molecule has 150 valence electrons. The highest BCUT2D eigenvalue weighted by atomic mass is 127. The van der Waals surface area contributed by atoms with Gasteiger partial charge in [0.1, 0.15) is 36.3 Å². The van der Waals surface area contributed by atoms with Gasteiger partial charge in [0.05, 0.1) is 18.1 Å². The lowest BCUT2D eigenvalue weighted by atomic mass is 10.1. The summed E-state index contributed by atoms with van der Waals surface area (Å²) in [5.74, 6) is 3.23. The number of benzene rings is 2. The fraction of sp³-hybridized carbons (Fsp3) is 0.333. The van der Waals surface area contributed by atoms with Gasteiger partial charge in [-0.05, 0) is 28.9 Å². The largest absolute Gasteiger partial charge is 0.744 e. The van der Waals surface area contributed by atoms with Crippen molar-refractivity contribution in [3.05, 3.63) is 65.7 Å². The van der Waals surface area contributed by atoms with Gasteiger partial charge in [0.15, 0.2) is 0 Å². The second-order valence-electron chi connectivity index (χ2n) is 6.74. The van der Waals surface area contributed by atoms with Crippen molar-refractivity contribution >= 4 is 32.7 Å². The molecule has 0 aromatic heterocycles. The van der Waals surface area contributed by atoms with Crippen LogP contribution < -0.4 is 0 Å². The highest BCUT2D eigenvalue weighted by molar-refractivity contribution is 14.1. The molecule has 2 aromatic rings. The molecule has 5 nitrogen and oxygen atoms in total. The number of hydrogen-bond donors (Lipinski definition) is 0. The monoisotopic (exact) mass is 513 g/mol. The van der Waals surface area contributed by atoms with Crippen LogP contribution in [0.25, 0.3) is 0 Å². The molecule has 28 heavy (non-hydrogen) atoms. The lowest BCUT2D eigenvalue weighted by Crippen LogP contribution is -2.54. The average Bonchev–Trinajstić information content (AvgIpc) is 2.68. The van der Waals surface area contributed by atoms with Crippen LogP contribution >= 0.6 is 22.6 Å². The number of ether oxygens (including phenoxy) is 1. The first-order chi connectivity index (χ1) is 13.3.